The monoisotopic (exact) mass is 357 g/mol. The molecule has 132 valence electrons. The van der Waals surface area contributed by atoms with Crippen molar-refractivity contribution in [2.24, 2.45) is 5.41 Å². The zero-order valence-electron chi connectivity index (χ0n) is 14.6. The third-order valence-electron chi connectivity index (χ3n) is 5.59. The molecule has 0 N–H and O–H groups in total. The van der Waals surface area contributed by atoms with E-state index < -0.39 is 29.2 Å². The quantitative estimate of drug-likeness (QED) is 0.816. The summed E-state index contributed by atoms with van der Waals surface area (Å²) in [5.41, 5.74) is 0.907. The van der Waals surface area contributed by atoms with Gasteiger partial charge in [-0.2, -0.15) is 10.5 Å². The lowest BCUT2D eigenvalue weighted by Gasteiger charge is -2.34. The van der Waals surface area contributed by atoms with Gasteiger partial charge in [0.25, 0.3) is 0 Å². The van der Waals surface area contributed by atoms with Crippen LogP contribution in [0.25, 0.3) is 6.08 Å². The zero-order chi connectivity index (χ0) is 19.2. The van der Waals surface area contributed by atoms with Crippen molar-refractivity contribution in [3.05, 3.63) is 77.2 Å². The number of Topliss-reactive ketones (excluding diaryl/α,β-unsaturated/α-hetero) is 1. The average Bonchev–Trinajstić information content (AvgIpc) is 3.00. The summed E-state index contributed by atoms with van der Waals surface area (Å²) in [6, 6.07) is 16.5. The number of hydrogen-bond donors (Lipinski definition) is 0. The van der Waals surface area contributed by atoms with Crippen LogP contribution in [0.1, 0.15) is 35.6 Å². The number of carbonyl (C=O) groups is 1. The Morgan fingerprint density at radius 3 is 2.41 bits per heavy atom. The summed E-state index contributed by atoms with van der Waals surface area (Å²) in [4.78, 5) is 14.4. The Hall–Kier alpha value is -3.44. The number of rotatable bonds is 2. The standard InChI is InChI=1S/C22H16FN3O/c1-14(27)20-19(16-6-8-17(23)9-7-16)22(12-24,13-25)21-18-5-3-2-4-15(18)10-11-26(20)21/h2-11,19-21H,1H3/t19-,20+,21+/m0/s1. The number of nitrogens with zero attached hydrogens (tertiary/aromatic N) is 3. The maximum atomic E-state index is 13.5. The van der Waals surface area contributed by atoms with Crippen molar-refractivity contribution < 1.29 is 9.18 Å². The van der Waals surface area contributed by atoms with Crippen LogP contribution in [0.3, 0.4) is 0 Å². The molecule has 2 aromatic rings. The van der Waals surface area contributed by atoms with Gasteiger partial charge in [-0.15, -0.1) is 0 Å². The number of carbonyl (C=O) groups excluding carboxylic acids is 1. The smallest absolute Gasteiger partial charge is 0.177 e. The van der Waals surface area contributed by atoms with Crippen LogP contribution < -0.4 is 0 Å². The molecule has 0 saturated carbocycles. The van der Waals surface area contributed by atoms with Crippen LogP contribution in [0.4, 0.5) is 4.39 Å². The summed E-state index contributed by atoms with van der Waals surface area (Å²) in [5, 5.41) is 20.3. The normalized spacial score (nSPS) is 24.4. The van der Waals surface area contributed by atoms with Crippen molar-refractivity contribution in [3.63, 3.8) is 0 Å². The van der Waals surface area contributed by atoms with Gasteiger partial charge >= 0.3 is 0 Å². The fourth-order valence-electron chi connectivity index (χ4n) is 4.50. The second kappa shape index (κ2) is 6.07. The molecule has 4 nitrogen and oxygen atoms in total. The van der Waals surface area contributed by atoms with E-state index in [2.05, 4.69) is 12.1 Å². The topological polar surface area (TPSA) is 67.9 Å². The molecule has 0 bridgehead atoms. The van der Waals surface area contributed by atoms with Crippen LogP contribution in [-0.4, -0.2) is 16.7 Å². The SMILES string of the molecule is CC(=O)[C@@H]1[C@H](c2ccc(F)cc2)C(C#N)(C#N)[C@H]2c3ccccc3C=CN12. The lowest BCUT2D eigenvalue weighted by Crippen LogP contribution is -2.36. The maximum Gasteiger partial charge on any atom is 0.177 e. The largest absolute Gasteiger partial charge is 0.357 e. The van der Waals surface area contributed by atoms with Crippen molar-refractivity contribution in [2.45, 2.75) is 24.9 Å². The molecule has 3 atom stereocenters. The Balaban J connectivity index is 2.00. The lowest BCUT2D eigenvalue weighted by molar-refractivity contribution is -0.121. The maximum absolute atomic E-state index is 13.5. The van der Waals surface area contributed by atoms with E-state index in [1.807, 2.05) is 35.2 Å². The van der Waals surface area contributed by atoms with Gasteiger partial charge in [-0.3, -0.25) is 4.79 Å². The Morgan fingerprint density at radius 2 is 1.78 bits per heavy atom. The number of ketones is 1. The molecular formula is C22H16FN3O. The van der Waals surface area contributed by atoms with E-state index in [4.69, 9.17) is 0 Å². The van der Waals surface area contributed by atoms with Gasteiger partial charge in [0.15, 0.2) is 11.2 Å². The highest BCUT2D eigenvalue weighted by molar-refractivity contribution is 5.85. The summed E-state index contributed by atoms with van der Waals surface area (Å²) >= 11 is 0. The number of benzene rings is 2. The summed E-state index contributed by atoms with van der Waals surface area (Å²) in [6.45, 7) is 1.47. The molecule has 5 heteroatoms. The lowest BCUT2D eigenvalue weighted by atomic mass is 9.68. The Bertz CT molecular complexity index is 1010. The molecule has 1 saturated heterocycles. The molecular weight excluding hydrogens is 341 g/mol. The summed E-state index contributed by atoms with van der Waals surface area (Å²) in [6.07, 6.45) is 3.69. The number of nitriles is 2. The second-order valence-corrected chi connectivity index (χ2v) is 6.97. The van der Waals surface area contributed by atoms with Gasteiger partial charge in [-0.25, -0.2) is 4.39 Å². The Kier molecular flexibility index (Phi) is 3.82. The van der Waals surface area contributed by atoms with E-state index in [9.17, 15) is 19.7 Å². The molecule has 2 aromatic carbocycles. The minimum Gasteiger partial charge on any atom is -0.357 e. The highest BCUT2D eigenvalue weighted by Crippen LogP contribution is 2.59. The van der Waals surface area contributed by atoms with E-state index in [0.29, 0.717) is 5.56 Å². The summed E-state index contributed by atoms with van der Waals surface area (Å²) in [5.74, 6) is -1.23. The van der Waals surface area contributed by atoms with E-state index in [1.54, 1.807) is 18.3 Å². The average molecular weight is 357 g/mol. The Morgan fingerprint density at radius 1 is 1.11 bits per heavy atom. The van der Waals surface area contributed by atoms with Crippen molar-refractivity contribution in [2.75, 3.05) is 0 Å². The highest BCUT2D eigenvalue weighted by Gasteiger charge is 2.63. The van der Waals surface area contributed by atoms with Crippen molar-refractivity contribution >= 4 is 11.9 Å². The van der Waals surface area contributed by atoms with Crippen LogP contribution in [0.15, 0.2) is 54.7 Å². The van der Waals surface area contributed by atoms with E-state index in [1.165, 1.54) is 19.1 Å². The first-order valence-electron chi connectivity index (χ1n) is 8.66. The second-order valence-electron chi connectivity index (χ2n) is 6.97. The molecule has 2 heterocycles. The minimum absolute atomic E-state index is 0.134. The van der Waals surface area contributed by atoms with E-state index in [-0.39, 0.29) is 5.78 Å². The summed E-state index contributed by atoms with van der Waals surface area (Å²) in [7, 11) is 0. The number of hydrogen-bond acceptors (Lipinski definition) is 4. The van der Waals surface area contributed by atoms with Gasteiger partial charge in [-0.1, -0.05) is 36.4 Å². The molecule has 2 aliphatic heterocycles. The fraction of sp³-hybridized carbons (Fsp3) is 0.227. The minimum atomic E-state index is -1.48. The number of halogens is 1. The van der Waals surface area contributed by atoms with Crippen molar-refractivity contribution in [3.8, 4) is 12.1 Å². The fourth-order valence-corrected chi connectivity index (χ4v) is 4.50. The van der Waals surface area contributed by atoms with Gasteiger partial charge in [-0.05, 0) is 41.8 Å². The van der Waals surface area contributed by atoms with Crippen LogP contribution in [-0.2, 0) is 4.79 Å². The number of fused-ring (bicyclic) bond motifs is 3. The Labute approximate surface area is 156 Å². The molecule has 0 aliphatic carbocycles. The molecule has 0 aromatic heterocycles. The predicted octanol–water partition coefficient (Wildman–Crippen LogP) is 3.94. The zero-order valence-corrected chi connectivity index (χ0v) is 14.6. The third-order valence-corrected chi connectivity index (χ3v) is 5.59. The first-order valence-corrected chi connectivity index (χ1v) is 8.66. The molecule has 2 aliphatic rings. The van der Waals surface area contributed by atoms with Crippen LogP contribution >= 0.6 is 0 Å². The first kappa shape index (κ1) is 17.0. The molecule has 0 amide bonds. The van der Waals surface area contributed by atoms with Crippen molar-refractivity contribution in [1.29, 1.82) is 10.5 Å². The third kappa shape index (κ3) is 2.29. The molecule has 4 rings (SSSR count). The molecule has 0 radical (unpaired) electrons. The summed E-state index contributed by atoms with van der Waals surface area (Å²) < 4.78 is 13.5. The van der Waals surface area contributed by atoms with Crippen LogP contribution in [0.2, 0.25) is 0 Å². The van der Waals surface area contributed by atoms with Gasteiger partial charge in [0.1, 0.15) is 5.82 Å². The highest BCUT2D eigenvalue weighted by atomic mass is 19.1. The van der Waals surface area contributed by atoms with Crippen LogP contribution in [0, 0.1) is 33.9 Å². The van der Waals surface area contributed by atoms with Gasteiger partial charge in [0.2, 0.25) is 0 Å². The van der Waals surface area contributed by atoms with E-state index >= 15 is 0 Å². The van der Waals surface area contributed by atoms with Crippen LogP contribution in [0.5, 0.6) is 0 Å². The van der Waals surface area contributed by atoms with Gasteiger partial charge in [0, 0.05) is 12.1 Å². The predicted molar refractivity (Wildman–Crippen MR) is 97.3 cm³/mol. The molecule has 1 fully saturated rings. The van der Waals surface area contributed by atoms with Gasteiger partial charge in [0.05, 0.1) is 24.2 Å². The van der Waals surface area contributed by atoms with Gasteiger partial charge < -0.3 is 4.90 Å². The van der Waals surface area contributed by atoms with E-state index in [0.717, 1.165) is 11.1 Å². The molecule has 0 unspecified atom stereocenters. The van der Waals surface area contributed by atoms with Crippen molar-refractivity contribution in [1.82, 2.24) is 4.90 Å². The molecule has 27 heavy (non-hydrogen) atoms. The molecule has 0 spiro atoms. The first-order chi connectivity index (χ1) is 13.0.